The highest BCUT2D eigenvalue weighted by molar-refractivity contribution is 5.70. The molecule has 0 fully saturated rings. The Balaban J connectivity index is 2.29. The minimum atomic E-state index is 0.786. The van der Waals surface area contributed by atoms with Crippen LogP contribution in [0.4, 0.5) is 11.4 Å². The molecule has 2 aromatic carbocycles. The van der Waals surface area contributed by atoms with Gasteiger partial charge in [0, 0.05) is 17.1 Å². The van der Waals surface area contributed by atoms with Gasteiger partial charge in [-0.1, -0.05) is 128 Å². The number of hydrogen-bond acceptors (Lipinski definition) is 1. The van der Waals surface area contributed by atoms with Crippen molar-refractivity contribution in [3.8, 4) is 0 Å². The SMILES string of the molecule is C/C=C\C(=C/C=CCC(CC)CCCC)N(c1ccccc1)c1ccc(CC(CC)CCCC)cc1. The van der Waals surface area contributed by atoms with Crippen molar-refractivity contribution in [3.63, 3.8) is 0 Å². The summed E-state index contributed by atoms with van der Waals surface area (Å²) >= 11 is 0. The molecule has 0 bridgehead atoms. The van der Waals surface area contributed by atoms with E-state index < -0.39 is 0 Å². The zero-order chi connectivity index (χ0) is 26.0. The second kappa shape index (κ2) is 17.8. The molecule has 0 amide bonds. The third kappa shape index (κ3) is 10.2. The Morgan fingerprint density at radius 2 is 1.39 bits per heavy atom. The Kier molecular flexibility index (Phi) is 14.7. The van der Waals surface area contributed by atoms with Crippen LogP contribution in [0.2, 0.25) is 0 Å². The van der Waals surface area contributed by atoms with E-state index in [1.165, 1.54) is 80.4 Å². The number of hydrogen-bond donors (Lipinski definition) is 0. The van der Waals surface area contributed by atoms with Crippen molar-refractivity contribution < 1.29 is 0 Å². The highest BCUT2D eigenvalue weighted by atomic mass is 15.1. The molecule has 0 aliphatic carbocycles. The fraction of sp³-hybridized carbons (Fsp3) is 0.486. The summed E-state index contributed by atoms with van der Waals surface area (Å²) in [5.74, 6) is 1.58. The van der Waals surface area contributed by atoms with Gasteiger partial charge in [0.2, 0.25) is 0 Å². The van der Waals surface area contributed by atoms with Gasteiger partial charge in [-0.2, -0.15) is 0 Å². The Morgan fingerprint density at radius 3 is 1.97 bits per heavy atom. The van der Waals surface area contributed by atoms with Crippen molar-refractivity contribution in [2.75, 3.05) is 4.90 Å². The second-order valence-corrected chi connectivity index (χ2v) is 10.1. The van der Waals surface area contributed by atoms with Crippen LogP contribution < -0.4 is 4.90 Å². The van der Waals surface area contributed by atoms with E-state index in [1.54, 1.807) is 0 Å². The molecule has 0 aromatic heterocycles. The maximum Gasteiger partial charge on any atom is 0.0461 e. The molecule has 196 valence electrons. The lowest BCUT2D eigenvalue weighted by atomic mass is 9.92. The summed E-state index contributed by atoms with van der Waals surface area (Å²) < 4.78 is 0. The van der Waals surface area contributed by atoms with Crippen molar-refractivity contribution in [2.24, 2.45) is 11.8 Å². The van der Waals surface area contributed by atoms with E-state index in [0.717, 1.165) is 18.3 Å². The van der Waals surface area contributed by atoms with E-state index in [-0.39, 0.29) is 0 Å². The molecule has 0 saturated heterocycles. The van der Waals surface area contributed by atoms with Gasteiger partial charge in [-0.3, -0.25) is 0 Å². The van der Waals surface area contributed by atoms with Gasteiger partial charge in [-0.25, -0.2) is 0 Å². The molecule has 0 aliphatic heterocycles. The summed E-state index contributed by atoms with van der Waals surface area (Å²) in [6.45, 7) is 11.3. The van der Waals surface area contributed by atoms with E-state index in [9.17, 15) is 0 Å². The summed E-state index contributed by atoms with van der Waals surface area (Å²) in [6, 6.07) is 20.0. The molecule has 1 nitrogen and oxygen atoms in total. The molecule has 2 atom stereocenters. The first-order valence-corrected chi connectivity index (χ1v) is 14.6. The number of nitrogens with zero attached hydrogens (tertiary/aromatic N) is 1. The summed E-state index contributed by atoms with van der Waals surface area (Å²) in [5.41, 5.74) is 5.03. The molecule has 2 rings (SSSR count). The van der Waals surface area contributed by atoms with Crippen molar-refractivity contribution in [1.29, 1.82) is 0 Å². The van der Waals surface area contributed by atoms with E-state index in [1.807, 2.05) is 0 Å². The molecular formula is C35H51N. The van der Waals surface area contributed by atoms with Gasteiger partial charge >= 0.3 is 0 Å². The van der Waals surface area contributed by atoms with Crippen LogP contribution in [-0.4, -0.2) is 0 Å². The monoisotopic (exact) mass is 485 g/mol. The lowest BCUT2D eigenvalue weighted by Crippen LogP contribution is -2.15. The van der Waals surface area contributed by atoms with E-state index in [2.05, 4.69) is 124 Å². The van der Waals surface area contributed by atoms with Crippen molar-refractivity contribution in [1.82, 2.24) is 0 Å². The Morgan fingerprint density at radius 1 is 0.778 bits per heavy atom. The smallest absolute Gasteiger partial charge is 0.0461 e. The molecule has 0 N–H and O–H groups in total. The van der Waals surface area contributed by atoms with Crippen LogP contribution in [0, 0.1) is 11.8 Å². The molecular weight excluding hydrogens is 434 g/mol. The zero-order valence-electron chi connectivity index (χ0n) is 23.8. The van der Waals surface area contributed by atoms with Gasteiger partial charge < -0.3 is 4.90 Å². The number of rotatable bonds is 17. The quantitative estimate of drug-likeness (QED) is 0.201. The van der Waals surface area contributed by atoms with Crippen LogP contribution in [0.25, 0.3) is 0 Å². The third-order valence-corrected chi connectivity index (χ3v) is 7.29. The molecule has 0 heterocycles. The first-order chi connectivity index (χ1) is 17.7. The summed E-state index contributed by atoms with van der Waals surface area (Å²) in [7, 11) is 0. The number of benzene rings is 2. The normalized spacial score (nSPS) is 14.0. The van der Waals surface area contributed by atoms with Gasteiger partial charge in [0.25, 0.3) is 0 Å². The summed E-state index contributed by atoms with van der Waals surface area (Å²) in [4.78, 5) is 2.37. The molecule has 1 heteroatoms. The third-order valence-electron chi connectivity index (χ3n) is 7.29. The maximum absolute atomic E-state index is 2.37. The van der Waals surface area contributed by atoms with Gasteiger partial charge in [-0.15, -0.1) is 0 Å². The van der Waals surface area contributed by atoms with Gasteiger partial charge in [0.1, 0.15) is 0 Å². The van der Waals surface area contributed by atoms with Crippen LogP contribution >= 0.6 is 0 Å². The van der Waals surface area contributed by atoms with Crippen molar-refractivity contribution in [2.45, 2.75) is 98.8 Å². The fourth-order valence-electron chi connectivity index (χ4n) is 4.88. The average Bonchev–Trinajstić information content (AvgIpc) is 2.92. The number of unbranched alkanes of at least 4 members (excludes halogenated alkanes) is 2. The number of anilines is 2. The first kappa shape index (κ1) is 29.7. The van der Waals surface area contributed by atoms with Gasteiger partial charge in [0.05, 0.1) is 0 Å². The van der Waals surface area contributed by atoms with Crippen LogP contribution in [0.15, 0.2) is 90.7 Å². The number of allylic oxidation sites excluding steroid dienone is 5. The van der Waals surface area contributed by atoms with Gasteiger partial charge in [-0.05, 0) is 73.6 Å². The zero-order valence-corrected chi connectivity index (χ0v) is 23.8. The topological polar surface area (TPSA) is 3.24 Å². The molecule has 2 aromatic rings. The van der Waals surface area contributed by atoms with Crippen LogP contribution in [0.1, 0.15) is 98.0 Å². The fourth-order valence-corrected chi connectivity index (χ4v) is 4.88. The summed E-state index contributed by atoms with van der Waals surface area (Å²) in [5, 5.41) is 0. The van der Waals surface area contributed by atoms with E-state index in [4.69, 9.17) is 0 Å². The molecule has 0 spiro atoms. The van der Waals surface area contributed by atoms with E-state index >= 15 is 0 Å². The van der Waals surface area contributed by atoms with Crippen molar-refractivity contribution in [3.05, 3.63) is 96.2 Å². The van der Waals surface area contributed by atoms with Crippen molar-refractivity contribution >= 4 is 11.4 Å². The Hall–Kier alpha value is -2.54. The highest BCUT2D eigenvalue weighted by Crippen LogP contribution is 2.31. The van der Waals surface area contributed by atoms with Crippen LogP contribution in [0.3, 0.4) is 0 Å². The Labute approximate surface area is 223 Å². The minimum Gasteiger partial charge on any atom is -0.311 e. The van der Waals surface area contributed by atoms with Crippen LogP contribution in [-0.2, 0) is 6.42 Å². The lowest BCUT2D eigenvalue weighted by molar-refractivity contribution is 0.449. The highest BCUT2D eigenvalue weighted by Gasteiger charge is 2.13. The predicted molar refractivity (Wildman–Crippen MR) is 162 cm³/mol. The minimum absolute atomic E-state index is 0.786. The summed E-state index contributed by atoms with van der Waals surface area (Å²) in [6.07, 6.45) is 24.0. The Bertz CT molecular complexity index is 903. The molecule has 0 aliphatic rings. The number of para-hydroxylation sites is 1. The molecule has 36 heavy (non-hydrogen) atoms. The maximum atomic E-state index is 2.37. The molecule has 0 radical (unpaired) electrons. The van der Waals surface area contributed by atoms with Gasteiger partial charge in [0.15, 0.2) is 0 Å². The lowest BCUT2D eigenvalue weighted by Gasteiger charge is -2.26. The van der Waals surface area contributed by atoms with E-state index in [0.29, 0.717) is 0 Å². The predicted octanol–water partition coefficient (Wildman–Crippen LogP) is 11.2. The first-order valence-electron chi connectivity index (χ1n) is 14.6. The average molecular weight is 486 g/mol. The largest absolute Gasteiger partial charge is 0.311 e. The standard InChI is InChI=1S/C35H51N/c1-6-11-19-30(9-4)21-16-17-24-33(18-8-3)36(34-22-14-13-15-23-34)35-27-25-32(26-28-35)29-31(10-5)20-12-7-2/h8,13-18,22-28,30-31H,6-7,9-12,19-21,29H2,1-5H3/b17-16?,18-8-,33-24+. The molecule has 0 saturated carbocycles. The van der Waals surface area contributed by atoms with Crippen LogP contribution in [0.5, 0.6) is 0 Å². The molecule has 2 unspecified atom stereocenters. The second-order valence-electron chi connectivity index (χ2n) is 10.1.